The third-order valence-electron chi connectivity index (χ3n) is 3.65. The maximum Gasteiger partial charge on any atom is 0.326 e. The summed E-state index contributed by atoms with van der Waals surface area (Å²) in [5.41, 5.74) is -0.741. The molecule has 4 atom stereocenters. The predicted molar refractivity (Wildman–Crippen MR) is 78.5 cm³/mol. The number of nitrogens with zero attached hydrogens (tertiary/aromatic N) is 1. The van der Waals surface area contributed by atoms with Gasteiger partial charge in [0.1, 0.15) is 6.10 Å². The van der Waals surface area contributed by atoms with Crippen molar-refractivity contribution >= 4 is 23.1 Å². The Morgan fingerprint density at radius 3 is 2.77 bits per heavy atom. The molecule has 1 aliphatic heterocycles. The van der Waals surface area contributed by atoms with Gasteiger partial charge in [-0.1, -0.05) is 0 Å². The van der Waals surface area contributed by atoms with Crippen molar-refractivity contribution in [2.75, 3.05) is 12.9 Å². The highest BCUT2D eigenvalue weighted by molar-refractivity contribution is 7.93. The number of nitrogens with one attached hydrogen (secondary N) is 4. The maximum absolute atomic E-state index is 11.7. The lowest BCUT2D eigenvalue weighted by Crippen LogP contribution is -2.36. The van der Waals surface area contributed by atoms with Crippen LogP contribution in [-0.4, -0.2) is 61.5 Å². The molecule has 0 aliphatic carbocycles. The first-order valence-electron chi connectivity index (χ1n) is 6.51. The van der Waals surface area contributed by atoms with Gasteiger partial charge in [-0.05, 0) is 12.0 Å². The minimum Gasteiger partial charge on any atom is -0.389 e. The van der Waals surface area contributed by atoms with E-state index >= 15 is 0 Å². The number of fused-ring (bicyclic) bond motifs is 1. The Balaban J connectivity index is 1.98. The number of rotatable bonds is 4. The van der Waals surface area contributed by atoms with Crippen molar-refractivity contribution in [1.82, 2.24) is 25.5 Å². The summed E-state index contributed by atoms with van der Waals surface area (Å²) in [6.45, 7) is 0.194. The molecule has 0 aromatic carbocycles. The molecule has 22 heavy (non-hydrogen) atoms. The molecule has 10 nitrogen and oxygen atoms in total. The van der Waals surface area contributed by atoms with Gasteiger partial charge < -0.3 is 19.4 Å². The quantitative estimate of drug-likeness (QED) is 0.351. The minimum atomic E-state index is -1.14. The van der Waals surface area contributed by atoms with Crippen LogP contribution in [0.1, 0.15) is 11.7 Å². The summed E-state index contributed by atoms with van der Waals surface area (Å²) in [5, 5.41) is 29.7. The first-order chi connectivity index (χ1) is 10.5. The van der Waals surface area contributed by atoms with Crippen LogP contribution < -0.4 is 16.6 Å². The van der Waals surface area contributed by atoms with Gasteiger partial charge in [0.15, 0.2) is 5.52 Å². The Kier molecular flexibility index (Phi) is 4.06. The van der Waals surface area contributed by atoms with Crippen LogP contribution >= 0.6 is 12.0 Å². The third-order valence-corrected chi connectivity index (χ3v) is 4.02. The molecule has 1 aliphatic rings. The molecule has 2 aromatic heterocycles. The number of aliphatic hydroxyl groups is 2. The molecular formula is C11H15N5O5S. The van der Waals surface area contributed by atoms with Gasteiger partial charge in [-0.3, -0.25) is 20.2 Å². The number of hydrogen-bond acceptors (Lipinski definition) is 8. The Bertz CT molecular complexity index is 785. The second-order valence-electron chi connectivity index (χ2n) is 4.95. The van der Waals surface area contributed by atoms with E-state index in [0.29, 0.717) is 5.69 Å². The van der Waals surface area contributed by atoms with Gasteiger partial charge >= 0.3 is 5.69 Å². The van der Waals surface area contributed by atoms with Crippen LogP contribution in [0.3, 0.4) is 0 Å². The molecule has 0 amide bonds. The molecule has 0 bridgehead atoms. The predicted octanol–water partition coefficient (Wildman–Crippen LogP) is -2.03. The van der Waals surface area contributed by atoms with Crippen molar-refractivity contribution in [3.05, 3.63) is 26.5 Å². The van der Waals surface area contributed by atoms with E-state index < -0.39 is 35.5 Å². The first kappa shape index (κ1) is 15.2. The molecule has 0 spiro atoms. The molecule has 3 heterocycles. The van der Waals surface area contributed by atoms with Crippen LogP contribution in [0.2, 0.25) is 0 Å². The molecule has 0 radical (unpaired) electrons. The number of aromatic amines is 3. The van der Waals surface area contributed by atoms with Gasteiger partial charge in [0.25, 0.3) is 5.56 Å². The van der Waals surface area contributed by atoms with Gasteiger partial charge in [-0.2, -0.15) is 5.10 Å². The monoisotopic (exact) mass is 329 g/mol. The molecule has 3 rings (SSSR count). The second kappa shape index (κ2) is 5.85. The van der Waals surface area contributed by atoms with Crippen molar-refractivity contribution in [3.8, 4) is 0 Å². The topological polar surface area (TPSA) is 156 Å². The van der Waals surface area contributed by atoms with Crippen molar-refractivity contribution in [3.63, 3.8) is 0 Å². The van der Waals surface area contributed by atoms with Crippen LogP contribution in [0, 0.1) is 0 Å². The van der Waals surface area contributed by atoms with E-state index in [1.54, 1.807) is 6.26 Å². The summed E-state index contributed by atoms with van der Waals surface area (Å²) in [5.74, 6) is 0. The van der Waals surface area contributed by atoms with E-state index in [-0.39, 0.29) is 17.6 Å². The fourth-order valence-corrected chi connectivity index (χ4v) is 2.87. The number of hydrogen-bond donors (Lipinski definition) is 6. The highest BCUT2D eigenvalue weighted by Gasteiger charge is 2.43. The van der Waals surface area contributed by atoms with Gasteiger partial charge in [-0.25, -0.2) is 4.79 Å². The zero-order chi connectivity index (χ0) is 15.9. The summed E-state index contributed by atoms with van der Waals surface area (Å²) >= 11 is 1.15. The summed E-state index contributed by atoms with van der Waals surface area (Å²) in [7, 11) is 0. The van der Waals surface area contributed by atoms with E-state index in [9.17, 15) is 19.8 Å². The van der Waals surface area contributed by atoms with Crippen LogP contribution in [0.25, 0.3) is 11.0 Å². The van der Waals surface area contributed by atoms with Crippen molar-refractivity contribution < 1.29 is 14.4 Å². The van der Waals surface area contributed by atoms with E-state index in [1.165, 1.54) is 0 Å². The Morgan fingerprint density at radius 2 is 2.05 bits per heavy atom. The van der Waals surface area contributed by atoms with Gasteiger partial charge in [0.05, 0.1) is 36.0 Å². The zero-order valence-corrected chi connectivity index (χ0v) is 12.3. The van der Waals surface area contributed by atoms with Gasteiger partial charge in [-0.15, -0.1) is 0 Å². The minimum absolute atomic E-state index is 0.0295. The summed E-state index contributed by atoms with van der Waals surface area (Å²) < 4.78 is 5.17. The lowest BCUT2D eigenvalue weighted by molar-refractivity contribution is 0.0221. The van der Waals surface area contributed by atoms with E-state index in [4.69, 9.17) is 4.18 Å². The molecule has 0 saturated carbocycles. The van der Waals surface area contributed by atoms with Crippen LogP contribution in [0.5, 0.6) is 0 Å². The van der Waals surface area contributed by atoms with Gasteiger partial charge in [0, 0.05) is 6.26 Å². The lowest BCUT2D eigenvalue weighted by Gasteiger charge is -2.14. The Labute approximate surface area is 127 Å². The highest BCUT2D eigenvalue weighted by Crippen LogP contribution is 2.29. The SMILES string of the molecule is CSOC[C@H]1N[C@@H](c2[nH]nc3c(=O)[nH]c(=O)[nH]c23)[C@H](O)[C@@H]1O. The summed E-state index contributed by atoms with van der Waals surface area (Å²) in [6.07, 6.45) is -0.444. The fraction of sp³-hybridized carbons (Fsp3) is 0.545. The molecule has 1 saturated heterocycles. The third kappa shape index (κ3) is 2.46. The normalized spacial score (nSPS) is 28.5. The van der Waals surface area contributed by atoms with Crippen LogP contribution in [0.15, 0.2) is 9.59 Å². The number of H-pyrrole nitrogens is 3. The molecular weight excluding hydrogens is 314 g/mol. The molecule has 6 N–H and O–H groups in total. The Hall–Kier alpha value is -1.66. The van der Waals surface area contributed by atoms with Crippen LogP contribution in [0.4, 0.5) is 0 Å². The number of aromatic nitrogens is 4. The molecule has 11 heteroatoms. The summed E-state index contributed by atoms with van der Waals surface area (Å²) in [4.78, 5) is 27.6. The lowest BCUT2D eigenvalue weighted by atomic mass is 10.1. The Morgan fingerprint density at radius 1 is 1.27 bits per heavy atom. The first-order valence-corrected chi connectivity index (χ1v) is 7.66. The number of aliphatic hydroxyl groups excluding tert-OH is 2. The average Bonchev–Trinajstić information content (AvgIpc) is 3.00. The smallest absolute Gasteiger partial charge is 0.326 e. The van der Waals surface area contributed by atoms with Gasteiger partial charge in [0.2, 0.25) is 0 Å². The highest BCUT2D eigenvalue weighted by atomic mass is 32.2. The van der Waals surface area contributed by atoms with E-state index in [1.807, 2.05) is 0 Å². The van der Waals surface area contributed by atoms with E-state index in [0.717, 1.165) is 12.0 Å². The fourth-order valence-electron chi connectivity index (χ4n) is 2.58. The van der Waals surface area contributed by atoms with Crippen molar-refractivity contribution in [1.29, 1.82) is 0 Å². The second-order valence-corrected chi connectivity index (χ2v) is 5.52. The zero-order valence-electron chi connectivity index (χ0n) is 11.5. The molecule has 2 aromatic rings. The molecule has 1 fully saturated rings. The summed E-state index contributed by atoms with van der Waals surface area (Å²) in [6, 6.07) is -1.20. The largest absolute Gasteiger partial charge is 0.389 e. The average molecular weight is 329 g/mol. The van der Waals surface area contributed by atoms with Crippen molar-refractivity contribution in [2.24, 2.45) is 0 Å². The van der Waals surface area contributed by atoms with E-state index in [2.05, 4.69) is 25.5 Å². The van der Waals surface area contributed by atoms with Crippen molar-refractivity contribution in [2.45, 2.75) is 24.3 Å². The molecule has 120 valence electrons. The van der Waals surface area contributed by atoms with Crippen LogP contribution in [-0.2, 0) is 4.18 Å². The molecule has 0 unspecified atom stereocenters. The standard InChI is InChI=1S/C11H15N5O5S/c1-22-21-2-3-8(17)9(18)6(12-3)5-4-7(16-15-5)10(19)14-11(20)13-4/h3,6,8-9,12,17-18H,2H2,1H3,(H,15,16)(H2,13,14,19,20)/t3-,6+,8-,9+/m1/s1. The maximum atomic E-state index is 11.7.